The summed E-state index contributed by atoms with van der Waals surface area (Å²) >= 11 is 1.45. The molecule has 2 N–H and O–H groups in total. The number of nitrogens with one attached hydrogen (secondary N) is 2. The van der Waals surface area contributed by atoms with E-state index in [0.29, 0.717) is 18.2 Å². The third-order valence-electron chi connectivity index (χ3n) is 2.89. The first-order chi connectivity index (χ1) is 10.1. The zero-order chi connectivity index (χ0) is 15.1. The van der Waals surface area contributed by atoms with E-state index >= 15 is 0 Å². The molecule has 0 aliphatic carbocycles. The molecule has 0 aliphatic heterocycles. The van der Waals surface area contributed by atoms with Crippen LogP contribution in [0, 0.1) is 5.92 Å². The van der Waals surface area contributed by atoms with Gasteiger partial charge in [-0.15, -0.1) is 11.3 Å². The van der Waals surface area contributed by atoms with Crippen LogP contribution in [0.1, 0.15) is 36.5 Å². The molecule has 2 aromatic heterocycles. The van der Waals surface area contributed by atoms with Crippen LogP contribution in [0.2, 0.25) is 0 Å². The number of pyridine rings is 1. The Hall–Kier alpha value is -1.95. The number of carbonyl (C=O) groups is 1. The maximum atomic E-state index is 12.0. The molecule has 0 aromatic carbocycles. The minimum Gasteiger partial charge on any atom is -0.361 e. The molecule has 0 fully saturated rings. The van der Waals surface area contributed by atoms with Gasteiger partial charge in [-0.05, 0) is 24.5 Å². The Labute approximate surface area is 128 Å². The third-order valence-corrected chi connectivity index (χ3v) is 3.69. The first-order valence-corrected chi connectivity index (χ1v) is 7.90. The summed E-state index contributed by atoms with van der Waals surface area (Å²) in [6, 6.07) is 5.62. The fourth-order valence-electron chi connectivity index (χ4n) is 1.69. The number of carbonyl (C=O) groups excluding carboxylic acids is 1. The number of aromatic nitrogens is 2. The van der Waals surface area contributed by atoms with Gasteiger partial charge in [-0.3, -0.25) is 9.78 Å². The molecule has 1 amide bonds. The molecule has 6 heteroatoms. The van der Waals surface area contributed by atoms with Crippen LogP contribution in [0.25, 0.3) is 0 Å². The minimum absolute atomic E-state index is 0.172. The van der Waals surface area contributed by atoms with E-state index in [-0.39, 0.29) is 5.91 Å². The van der Waals surface area contributed by atoms with E-state index in [4.69, 9.17) is 0 Å². The van der Waals surface area contributed by atoms with Crippen molar-refractivity contribution in [3.63, 3.8) is 0 Å². The number of hydrogen-bond donors (Lipinski definition) is 2. The van der Waals surface area contributed by atoms with Crippen LogP contribution in [0.15, 0.2) is 29.8 Å². The van der Waals surface area contributed by atoms with Crippen molar-refractivity contribution < 1.29 is 4.79 Å². The van der Waals surface area contributed by atoms with Gasteiger partial charge in [-0.2, -0.15) is 0 Å². The molecule has 0 bridgehead atoms. The van der Waals surface area contributed by atoms with Gasteiger partial charge in [0.2, 0.25) is 0 Å². The van der Waals surface area contributed by atoms with E-state index in [0.717, 1.165) is 23.8 Å². The Morgan fingerprint density at radius 3 is 2.95 bits per heavy atom. The summed E-state index contributed by atoms with van der Waals surface area (Å²) in [5.41, 5.74) is 1.28. The molecule has 5 nitrogen and oxygen atoms in total. The van der Waals surface area contributed by atoms with Gasteiger partial charge in [0.15, 0.2) is 5.13 Å². The van der Waals surface area contributed by atoms with E-state index in [1.54, 1.807) is 11.6 Å². The predicted molar refractivity (Wildman–Crippen MR) is 85.5 cm³/mol. The molecule has 2 aromatic rings. The molecule has 0 aliphatic rings. The second-order valence-corrected chi connectivity index (χ2v) is 6.01. The van der Waals surface area contributed by atoms with Gasteiger partial charge in [-0.25, -0.2) is 4.98 Å². The molecule has 112 valence electrons. The second kappa shape index (κ2) is 7.73. The lowest BCUT2D eigenvalue weighted by molar-refractivity contribution is 0.0946. The van der Waals surface area contributed by atoms with Gasteiger partial charge in [0.1, 0.15) is 5.69 Å². The molecular formula is C15H20N4OS. The largest absolute Gasteiger partial charge is 0.361 e. The average molecular weight is 304 g/mol. The first kappa shape index (κ1) is 15.4. The molecule has 2 heterocycles. The Bertz CT molecular complexity index is 568. The summed E-state index contributed by atoms with van der Waals surface area (Å²) in [6.45, 7) is 5.65. The van der Waals surface area contributed by atoms with Crippen molar-refractivity contribution >= 4 is 22.4 Å². The normalized spacial score (nSPS) is 10.6. The van der Waals surface area contributed by atoms with E-state index in [2.05, 4.69) is 34.4 Å². The summed E-state index contributed by atoms with van der Waals surface area (Å²) in [5.74, 6) is 0.479. The summed E-state index contributed by atoms with van der Waals surface area (Å²) in [5, 5.41) is 8.62. The van der Waals surface area contributed by atoms with Crippen molar-refractivity contribution in [2.24, 2.45) is 5.92 Å². The predicted octanol–water partition coefficient (Wildman–Crippen LogP) is 2.93. The standard InChI is InChI=1S/C15H20N4OS/c1-11(2)6-8-17-15-19-13(10-21-15)14(20)18-9-12-5-3-4-7-16-12/h3-5,7,10-11H,6,8-9H2,1-2H3,(H,17,19)(H,18,20). The zero-order valence-corrected chi connectivity index (χ0v) is 13.1. The maximum absolute atomic E-state index is 12.0. The zero-order valence-electron chi connectivity index (χ0n) is 12.3. The fourth-order valence-corrected chi connectivity index (χ4v) is 2.41. The highest BCUT2D eigenvalue weighted by Gasteiger charge is 2.10. The highest BCUT2D eigenvalue weighted by molar-refractivity contribution is 7.13. The van der Waals surface area contributed by atoms with Crippen molar-refractivity contribution in [2.45, 2.75) is 26.8 Å². The Kier molecular flexibility index (Phi) is 5.68. The third kappa shape index (κ3) is 5.15. The Morgan fingerprint density at radius 1 is 1.38 bits per heavy atom. The lowest BCUT2D eigenvalue weighted by Gasteiger charge is -2.04. The smallest absolute Gasteiger partial charge is 0.271 e. The van der Waals surface area contributed by atoms with Gasteiger partial charge >= 0.3 is 0 Å². The molecule has 2 rings (SSSR count). The van der Waals surface area contributed by atoms with Crippen LogP contribution in [0.3, 0.4) is 0 Å². The monoisotopic (exact) mass is 304 g/mol. The van der Waals surface area contributed by atoms with E-state index in [9.17, 15) is 4.79 Å². The van der Waals surface area contributed by atoms with Gasteiger partial charge in [0.05, 0.1) is 12.2 Å². The van der Waals surface area contributed by atoms with Crippen molar-refractivity contribution in [1.29, 1.82) is 0 Å². The molecule has 0 saturated heterocycles. The summed E-state index contributed by atoms with van der Waals surface area (Å²) in [6.07, 6.45) is 2.79. The number of thiazole rings is 1. The molecule has 0 radical (unpaired) electrons. The number of rotatable bonds is 7. The number of hydrogen-bond acceptors (Lipinski definition) is 5. The van der Waals surface area contributed by atoms with Crippen LogP contribution >= 0.6 is 11.3 Å². The molecule has 0 unspecified atom stereocenters. The Morgan fingerprint density at radius 2 is 2.24 bits per heavy atom. The van der Waals surface area contributed by atoms with Crippen molar-refractivity contribution in [2.75, 3.05) is 11.9 Å². The van der Waals surface area contributed by atoms with E-state index in [1.165, 1.54) is 11.3 Å². The lowest BCUT2D eigenvalue weighted by Crippen LogP contribution is -2.23. The van der Waals surface area contributed by atoms with Crippen molar-refractivity contribution in [3.8, 4) is 0 Å². The first-order valence-electron chi connectivity index (χ1n) is 7.02. The van der Waals surface area contributed by atoms with E-state index < -0.39 is 0 Å². The van der Waals surface area contributed by atoms with Crippen LogP contribution in [0.4, 0.5) is 5.13 Å². The van der Waals surface area contributed by atoms with Crippen molar-refractivity contribution in [3.05, 3.63) is 41.2 Å². The highest BCUT2D eigenvalue weighted by atomic mass is 32.1. The topological polar surface area (TPSA) is 66.9 Å². The van der Waals surface area contributed by atoms with Gasteiger partial charge < -0.3 is 10.6 Å². The molecule has 0 saturated carbocycles. The summed E-state index contributed by atoms with van der Waals surface area (Å²) in [4.78, 5) is 20.4. The fraction of sp³-hybridized carbons (Fsp3) is 0.400. The second-order valence-electron chi connectivity index (χ2n) is 5.15. The number of nitrogens with zero attached hydrogens (tertiary/aromatic N) is 2. The van der Waals surface area contributed by atoms with Crippen LogP contribution in [-0.4, -0.2) is 22.4 Å². The minimum atomic E-state index is -0.172. The SMILES string of the molecule is CC(C)CCNc1nc(C(=O)NCc2ccccn2)cs1. The molecule has 0 spiro atoms. The summed E-state index contributed by atoms with van der Waals surface area (Å²) in [7, 11) is 0. The molecular weight excluding hydrogens is 284 g/mol. The molecule has 21 heavy (non-hydrogen) atoms. The van der Waals surface area contributed by atoms with Crippen molar-refractivity contribution in [1.82, 2.24) is 15.3 Å². The molecule has 0 atom stereocenters. The maximum Gasteiger partial charge on any atom is 0.271 e. The quantitative estimate of drug-likeness (QED) is 0.825. The van der Waals surface area contributed by atoms with Gasteiger partial charge in [0.25, 0.3) is 5.91 Å². The number of amides is 1. The van der Waals surface area contributed by atoms with Gasteiger partial charge in [0, 0.05) is 18.1 Å². The van der Waals surface area contributed by atoms with Crippen LogP contribution < -0.4 is 10.6 Å². The lowest BCUT2D eigenvalue weighted by atomic mass is 10.1. The van der Waals surface area contributed by atoms with Gasteiger partial charge in [-0.1, -0.05) is 19.9 Å². The summed E-state index contributed by atoms with van der Waals surface area (Å²) < 4.78 is 0. The Balaban J connectivity index is 1.81. The van der Waals surface area contributed by atoms with Crippen LogP contribution in [-0.2, 0) is 6.54 Å². The average Bonchev–Trinajstić information content (AvgIpc) is 2.94. The highest BCUT2D eigenvalue weighted by Crippen LogP contribution is 2.15. The van der Waals surface area contributed by atoms with Crippen LogP contribution in [0.5, 0.6) is 0 Å². The number of anilines is 1. The van der Waals surface area contributed by atoms with E-state index in [1.807, 2.05) is 18.2 Å².